The van der Waals surface area contributed by atoms with Gasteiger partial charge >= 0.3 is 5.97 Å². The van der Waals surface area contributed by atoms with Crippen LogP contribution in [-0.2, 0) is 11.2 Å². The first-order chi connectivity index (χ1) is 7.18. The zero-order valence-electron chi connectivity index (χ0n) is 7.72. The average Bonchev–Trinajstić information content (AvgIpc) is 2.59. The van der Waals surface area contributed by atoms with E-state index >= 15 is 0 Å². The number of aliphatic carboxylic acids is 1. The number of aromatic nitrogens is 3. The third-order valence-corrected chi connectivity index (χ3v) is 2.32. The number of carboxylic acid groups (broad SMARTS) is 1. The van der Waals surface area contributed by atoms with E-state index in [4.69, 9.17) is 16.7 Å². The van der Waals surface area contributed by atoms with Gasteiger partial charge < -0.3 is 5.11 Å². The summed E-state index contributed by atoms with van der Waals surface area (Å²) in [5, 5.41) is 16.8. The Hall–Kier alpha value is -1.62. The molecule has 2 rings (SSSR count). The third kappa shape index (κ3) is 1.92. The van der Waals surface area contributed by atoms with Gasteiger partial charge in [-0.3, -0.25) is 9.20 Å². The highest BCUT2D eigenvalue weighted by Crippen LogP contribution is 2.15. The number of pyridine rings is 1. The Kier molecular flexibility index (Phi) is 2.55. The highest BCUT2D eigenvalue weighted by atomic mass is 35.5. The summed E-state index contributed by atoms with van der Waals surface area (Å²) >= 11 is 5.89. The molecular weight excluding hydrogens is 218 g/mol. The number of rotatable bonds is 3. The van der Waals surface area contributed by atoms with Crippen LogP contribution < -0.4 is 0 Å². The Balaban J connectivity index is 2.37. The first kappa shape index (κ1) is 9.92. The summed E-state index contributed by atoms with van der Waals surface area (Å²) in [6.07, 6.45) is 2.14. The number of fused-ring (bicyclic) bond motifs is 1. The Morgan fingerprint density at radius 3 is 3.07 bits per heavy atom. The van der Waals surface area contributed by atoms with Crippen LogP contribution in [-0.4, -0.2) is 25.7 Å². The molecule has 0 aliphatic heterocycles. The van der Waals surface area contributed by atoms with Gasteiger partial charge in [-0.1, -0.05) is 11.6 Å². The van der Waals surface area contributed by atoms with E-state index in [1.54, 1.807) is 22.7 Å². The molecule has 0 spiro atoms. The molecule has 0 aliphatic carbocycles. The molecule has 1 N–H and O–H groups in total. The number of hydrogen-bond donors (Lipinski definition) is 1. The molecule has 0 unspecified atom stereocenters. The standard InChI is InChI=1S/C9H8ClN3O2/c10-6-2-1-5-13-7(3-4-8(14)15)11-12-9(6)13/h1-2,5H,3-4H2,(H,14,15). The van der Waals surface area contributed by atoms with Crippen molar-refractivity contribution < 1.29 is 9.90 Å². The van der Waals surface area contributed by atoms with Crippen LogP contribution in [0.3, 0.4) is 0 Å². The predicted molar refractivity (Wildman–Crippen MR) is 54.0 cm³/mol. The van der Waals surface area contributed by atoms with Crippen LogP contribution in [0.15, 0.2) is 18.3 Å². The lowest BCUT2D eigenvalue weighted by Crippen LogP contribution is -2.01. The second-order valence-corrected chi connectivity index (χ2v) is 3.47. The summed E-state index contributed by atoms with van der Waals surface area (Å²) in [4.78, 5) is 10.4. The smallest absolute Gasteiger partial charge is 0.303 e. The summed E-state index contributed by atoms with van der Waals surface area (Å²) in [6.45, 7) is 0. The lowest BCUT2D eigenvalue weighted by Gasteiger charge is -1.97. The zero-order valence-corrected chi connectivity index (χ0v) is 8.48. The molecule has 0 atom stereocenters. The van der Waals surface area contributed by atoms with E-state index in [9.17, 15) is 4.79 Å². The van der Waals surface area contributed by atoms with E-state index in [0.29, 0.717) is 22.9 Å². The van der Waals surface area contributed by atoms with E-state index in [1.807, 2.05) is 0 Å². The van der Waals surface area contributed by atoms with Gasteiger partial charge in [0.1, 0.15) is 5.82 Å². The van der Waals surface area contributed by atoms with Crippen molar-refractivity contribution in [3.05, 3.63) is 29.2 Å². The predicted octanol–water partition coefficient (Wildman–Crippen LogP) is 1.40. The Labute approximate surface area is 90.3 Å². The van der Waals surface area contributed by atoms with Gasteiger partial charge in [0.25, 0.3) is 0 Å². The first-order valence-corrected chi connectivity index (χ1v) is 4.76. The monoisotopic (exact) mass is 225 g/mol. The number of carboxylic acids is 1. The van der Waals surface area contributed by atoms with E-state index in [2.05, 4.69) is 10.2 Å². The fourth-order valence-electron chi connectivity index (χ4n) is 1.32. The Bertz CT molecular complexity index is 509. The Morgan fingerprint density at radius 1 is 1.53 bits per heavy atom. The highest BCUT2D eigenvalue weighted by Gasteiger charge is 2.08. The van der Waals surface area contributed by atoms with Crippen molar-refractivity contribution in [2.24, 2.45) is 0 Å². The van der Waals surface area contributed by atoms with E-state index in [-0.39, 0.29) is 6.42 Å². The van der Waals surface area contributed by atoms with Gasteiger partial charge in [0.05, 0.1) is 11.4 Å². The van der Waals surface area contributed by atoms with Crippen LogP contribution in [0.1, 0.15) is 12.2 Å². The second-order valence-electron chi connectivity index (χ2n) is 3.06. The average molecular weight is 226 g/mol. The molecule has 15 heavy (non-hydrogen) atoms. The van der Waals surface area contributed by atoms with Crippen LogP contribution in [0.2, 0.25) is 5.02 Å². The molecule has 2 aromatic rings. The SMILES string of the molecule is O=C(O)CCc1nnc2c(Cl)cccn12. The molecule has 0 saturated carbocycles. The van der Waals surface area contributed by atoms with E-state index in [0.717, 1.165) is 0 Å². The van der Waals surface area contributed by atoms with Crippen molar-refractivity contribution in [1.29, 1.82) is 0 Å². The minimum Gasteiger partial charge on any atom is -0.481 e. The molecule has 0 aliphatic rings. The van der Waals surface area contributed by atoms with Crippen LogP contribution >= 0.6 is 11.6 Å². The van der Waals surface area contributed by atoms with Crippen LogP contribution in [0.4, 0.5) is 0 Å². The van der Waals surface area contributed by atoms with Gasteiger partial charge in [0.2, 0.25) is 0 Å². The second kappa shape index (κ2) is 3.86. The summed E-state index contributed by atoms with van der Waals surface area (Å²) in [5.74, 6) is -0.247. The number of carbonyl (C=O) groups is 1. The maximum atomic E-state index is 10.4. The Morgan fingerprint density at radius 2 is 2.33 bits per heavy atom. The normalized spacial score (nSPS) is 10.7. The zero-order chi connectivity index (χ0) is 10.8. The van der Waals surface area contributed by atoms with Crippen molar-refractivity contribution in [3.8, 4) is 0 Å². The van der Waals surface area contributed by atoms with Crippen LogP contribution in [0, 0.1) is 0 Å². The largest absolute Gasteiger partial charge is 0.481 e. The van der Waals surface area contributed by atoms with Crippen molar-refractivity contribution in [2.45, 2.75) is 12.8 Å². The van der Waals surface area contributed by atoms with Crippen LogP contribution in [0.5, 0.6) is 0 Å². The molecule has 78 valence electrons. The fraction of sp³-hybridized carbons (Fsp3) is 0.222. The topological polar surface area (TPSA) is 67.5 Å². The maximum absolute atomic E-state index is 10.4. The van der Waals surface area contributed by atoms with Gasteiger partial charge in [-0.05, 0) is 12.1 Å². The minimum absolute atomic E-state index is 0.0350. The summed E-state index contributed by atoms with van der Waals surface area (Å²) in [7, 11) is 0. The fourth-order valence-corrected chi connectivity index (χ4v) is 1.52. The summed E-state index contributed by atoms with van der Waals surface area (Å²) < 4.78 is 1.70. The summed E-state index contributed by atoms with van der Waals surface area (Å²) in [6, 6.07) is 3.48. The molecule has 0 saturated heterocycles. The van der Waals surface area contributed by atoms with Crippen molar-refractivity contribution in [2.75, 3.05) is 0 Å². The molecule has 2 heterocycles. The highest BCUT2D eigenvalue weighted by molar-refractivity contribution is 6.33. The number of aryl methyl sites for hydroxylation is 1. The molecule has 6 heteroatoms. The van der Waals surface area contributed by atoms with Crippen molar-refractivity contribution in [1.82, 2.24) is 14.6 Å². The molecule has 0 radical (unpaired) electrons. The van der Waals surface area contributed by atoms with E-state index < -0.39 is 5.97 Å². The van der Waals surface area contributed by atoms with Gasteiger partial charge in [0, 0.05) is 12.6 Å². The van der Waals surface area contributed by atoms with Crippen molar-refractivity contribution >= 4 is 23.2 Å². The van der Waals surface area contributed by atoms with Crippen molar-refractivity contribution in [3.63, 3.8) is 0 Å². The lowest BCUT2D eigenvalue weighted by molar-refractivity contribution is -0.137. The molecule has 2 aromatic heterocycles. The maximum Gasteiger partial charge on any atom is 0.303 e. The molecule has 0 fully saturated rings. The molecule has 0 amide bonds. The lowest BCUT2D eigenvalue weighted by atomic mass is 10.3. The molecule has 0 bridgehead atoms. The van der Waals surface area contributed by atoms with Crippen LogP contribution in [0.25, 0.3) is 5.65 Å². The van der Waals surface area contributed by atoms with Gasteiger partial charge in [0.15, 0.2) is 5.65 Å². The first-order valence-electron chi connectivity index (χ1n) is 4.38. The van der Waals surface area contributed by atoms with Gasteiger partial charge in [-0.15, -0.1) is 10.2 Å². The van der Waals surface area contributed by atoms with Gasteiger partial charge in [-0.2, -0.15) is 0 Å². The number of hydrogen-bond acceptors (Lipinski definition) is 3. The number of halogens is 1. The third-order valence-electron chi connectivity index (χ3n) is 2.02. The molecule has 0 aromatic carbocycles. The minimum atomic E-state index is -0.853. The number of nitrogens with zero attached hydrogens (tertiary/aromatic N) is 3. The molecular formula is C9H8ClN3O2. The van der Waals surface area contributed by atoms with E-state index in [1.165, 1.54) is 0 Å². The van der Waals surface area contributed by atoms with Gasteiger partial charge in [-0.25, -0.2) is 0 Å². The quantitative estimate of drug-likeness (QED) is 0.858. The summed E-state index contributed by atoms with van der Waals surface area (Å²) in [5.41, 5.74) is 0.555. The molecule has 5 nitrogen and oxygen atoms in total.